The molecule has 0 aliphatic rings. The monoisotopic (exact) mass is 476 g/mol. The number of esters is 1. The Morgan fingerprint density at radius 2 is 1.94 bits per heavy atom. The Bertz CT molecular complexity index is 1330. The van der Waals surface area contributed by atoms with Crippen molar-refractivity contribution in [2.24, 2.45) is 0 Å². The molecule has 4 rings (SSSR count). The van der Waals surface area contributed by atoms with Crippen LogP contribution in [0.4, 0.5) is 0 Å². The molecule has 0 spiro atoms. The number of methoxy groups -OCH3 is 1. The Hall–Kier alpha value is -4.05. The predicted octanol–water partition coefficient (Wildman–Crippen LogP) is 2.33. The summed E-state index contributed by atoms with van der Waals surface area (Å²) in [6.45, 7) is 3.38. The van der Waals surface area contributed by atoms with Crippen LogP contribution in [0.15, 0.2) is 59.4 Å². The maximum atomic E-state index is 12.9. The number of hydrogen-bond donors (Lipinski definition) is 1. The summed E-state index contributed by atoms with van der Waals surface area (Å²) in [6, 6.07) is 17.6. The van der Waals surface area contributed by atoms with Crippen molar-refractivity contribution >= 4 is 16.9 Å². The average Bonchev–Trinajstić information content (AvgIpc) is 3.29. The van der Waals surface area contributed by atoms with Crippen molar-refractivity contribution in [3.05, 3.63) is 81.9 Å². The van der Waals surface area contributed by atoms with Crippen LogP contribution in [0.2, 0.25) is 0 Å². The molecule has 0 atom stereocenters. The largest absolute Gasteiger partial charge is 0.497 e. The summed E-state index contributed by atoms with van der Waals surface area (Å²) in [5.74, 6) is 0.796. The normalized spacial score (nSPS) is 11.2. The summed E-state index contributed by atoms with van der Waals surface area (Å²) in [5, 5.41) is 12.7. The lowest BCUT2D eigenvalue weighted by atomic mass is 10.1. The van der Waals surface area contributed by atoms with Crippen LogP contribution in [0, 0.1) is 0 Å². The quantitative estimate of drug-likeness (QED) is 0.328. The number of ether oxygens (including phenoxy) is 2. The summed E-state index contributed by atoms with van der Waals surface area (Å²) < 4.78 is 11.7. The van der Waals surface area contributed by atoms with Gasteiger partial charge >= 0.3 is 5.97 Å². The summed E-state index contributed by atoms with van der Waals surface area (Å²) >= 11 is 0. The van der Waals surface area contributed by atoms with Crippen LogP contribution in [0.5, 0.6) is 5.75 Å². The molecule has 0 unspecified atom stereocenters. The fourth-order valence-electron chi connectivity index (χ4n) is 3.84. The first-order chi connectivity index (χ1) is 17.1. The minimum absolute atomic E-state index is 0.0684. The first kappa shape index (κ1) is 24.1. The van der Waals surface area contributed by atoms with E-state index in [1.807, 2.05) is 36.4 Å². The van der Waals surface area contributed by atoms with Crippen molar-refractivity contribution in [2.45, 2.75) is 33.0 Å². The number of nitrogens with one attached hydrogen (secondary N) is 1. The number of rotatable bonds is 11. The van der Waals surface area contributed by atoms with Crippen molar-refractivity contribution in [1.82, 2.24) is 30.1 Å². The molecule has 0 saturated carbocycles. The number of aromatic nitrogens is 5. The fourth-order valence-corrected chi connectivity index (χ4v) is 3.84. The molecule has 0 aliphatic heterocycles. The molecular formula is C25H28N6O4. The zero-order valence-electron chi connectivity index (χ0n) is 19.8. The van der Waals surface area contributed by atoms with Crippen LogP contribution in [0.3, 0.4) is 0 Å². The molecule has 1 N–H and O–H groups in total. The van der Waals surface area contributed by atoms with Gasteiger partial charge in [-0.2, -0.15) is 0 Å². The van der Waals surface area contributed by atoms with Gasteiger partial charge in [-0.1, -0.05) is 30.3 Å². The predicted molar refractivity (Wildman–Crippen MR) is 130 cm³/mol. The van der Waals surface area contributed by atoms with E-state index in [4.69, 9.17) is 9.47 Å². The SMILES string of the molecule is CCOC(=O)Cn1nnnc1CN(CCc1ccccc1)Cc1cc2ccc(OC)cc2[nH]c1=O. The molecule has 0 bridgehead atoms. The van der Waals surface area contributed by atoms with Crippen LogP contribution in [0.25, 0.3) is 10.9 Å². The van der Waals surface area contributed by atoms with Gasteiger partial charge in [0.05, 0.1) is 25.8 Å². The summed E-state index contributed by atoms with van der Waals surface area (Å²) in [5.41, 5.74) is 2.36. The molecule has 0 radical (unpaired) electrons. The minimum Gasteiger partial charge on any atom is -0.497 e. The topological polar surface area (TPSA) is 115 Å². The highest BCUT2D eigenvalue weighted by Gasteiger charge is 2.17. The van der Waals surface area contributed by atoms with E-state index in [0.717, 1.165) is 11.8 Å². The molecule has 2 aromatic carbocycles. The highest BCUT2D eigenvalue weighted by molar-refractivity contribution is 5.80. The Labute approximate surface area is 202 Å². The lowest BCUT2D eigenvalue weighted by molar-refractivity contribution is -0.144. The van der Waals surface area contributed by atoms with Crippen molar-refractivity contribution in [2.75, 3.05) is 20.3 Å². The van der Waals surface area contributed by atoms with E-state index in [0.29, 0.717) is 42.3 Å². The van der Waals surface area contributed by atoms with Gasteiger partial charge in [-0.15, -0.1) is 5.10 Å². The zero-order chi connectivity index (χ0) is 24.6. The number of pyridine rings is 1. The first-order valence-corrected chi connectivity index (χ1v) is 11.4. The molecule has 2 heterocycles. The number of nitrogens with zero attached hydrogens (tertiary/aromatic N) is 5. The van der Waals surface area contributed by atoms with Crippen LogP contribution in [-0.4, -0.2) is 56.3 Å². The number of hydrogen-bond acceptors (Lipinski definition) is 8. The number of fused-ring (bicyclic) bond motifs is 1. The summed E-state index contributed by atoms with van der Waals surface area (Å²) in [4.78, 5) is 29.9. The first-order valence-electron chi connectivity index (χ1n) is 11.4. The van der Waals surface area contributed by atoms with Gasteiger partial charge in [0.15, 0.2) is 5.82 Å². The van der Waals surface area contributed by atoms with Crippen LogP contribution >= 0.6 is 0 Å². The Balaban J connectivity index is 1.58. The van der Waals surface area contributed by atoms with E-state index in [2.05, 4.69) is 37.5 Å². The molecule has 0 aliphatic carbocycles. The van der Waals surface area contributed by atoms with Crippen molar-refractivity contribution in [1.29, 1.82) is 0 Å². The Morgan fingerprint density at radius 1 is 1.11 bits per heavy atom. The van der Waals surface area contributed by atoms with E-state index in [9.17, 15) is 9.59 Å². The summed E-state index contributed by atoms with van der Waals surface area (Å²) in [7, 11) is 1.59. The van der Waals surface area contributed by atoms with Gasteiger partial charge in [0.2, 0.25) is 0 Å². The Kier molecular flexibility index (Phi) is 7.84. The third-order valence-electron chi connectivity index (χ3n) is 5.64. The standard InChI is InChI=1S/C25H28N6O4/c1-3-35-24(32)17-31-23(27-28-29-31)16-30(12-11-18-7-5-4-6-8-18)15-20-13-19-9-10-21(34-2)14-22(19)26-25(20)33/h4-10,13-14H,3,11-12,15-17H2,1-2H3,(H,26,33). The number of benzene rings is 2. The third-order valence-corrected chi connectivity index (χ3v) is 5.64. The molecule has 0 amide bonds. The van der Waals surface area contributed by atoms with E-state index in [1.54, 1.807) is 20.1 Å². The van der Waals surface area contributed by atoms with Crippen molar-refractivity contribution < 1.29 is 14.3 Å². The minimum atomic E-state index is -0.404. The number of carbonyl (C=O) groups is 1. The van der Waals surface area contributed by atoms with E-state index < -0.39 is 5.97 Å². The van der Waals surface area contributed by atoms with Gasteiger partial charge in [0, 0.05) is 24.7 Å². The van der Waals surface area contributed by atoms with Crippen LogP contribution in [0.1, 0.15) is 23.9 Å². The molecule has 0 fully saturated rings. The lowest BCUT2D eigenvalue weighted by Crippen LogP contribution is -2.30. The van der Waals surface area contributed by atoms with Crippen LogP contribution in [-0.2, 0) is 35.6 Å². The number of aromatic amines is 1. The molecular weight excluding hydrogens is 448 g/mol. The molecule has 2 aromatic heterocycles. The van der Waals surface area contributed by atoms with E-state index in [-0.39, 0.29) is 18.7 Å². The second-order valence-electron chi connectivity index (χ2n) is 8.08. The molecule has 10 heteroatoms. The lowest BCUT2D eigenvalue weighted by Gasteiger charge is -2.22. The molecule has 35 heavy (non-hydrogen) atoms. The van der Waals surface area contributed by atoms with Crippen molar-refractivity contribution in [3.8, 4) is 5.75 Å². The van der Waals surface area contributed by atoms with Gasteiger partial charge in [-0.3, -0.25) is 14.5 Å². The maximum absolute atomic E-state index is 12.9. The van der Waals surface area contributed by atoms with Gasteiger partial charge in [-0.05, 0) is 52.9 Å². The van der Waals surface area contributed by atoms with E-state index in [1.165, 1.54) is 10.2 Å². The molecule has 10 nitrogen and oxygen atoms in total. The van der Waals surface area contributed by atoms with Gasteiger partial charge in [-0.25, -0.2) is 4.68 Å². The molecule has 0 saturated heterocycles. The highest BCUT2D eigenvalue weighted by Crippen LogP contribution is 2.19. The second-order valence-corrected chi connectivity index (χ2v) is 8.08. The number of tetrazole rings is 1. The van der Waals surface area contributed by atoms with Crippen molar-refractivity contribution in [3.63, 3.8) is 0 Å². The van der Waals surface area contributed by atoms with E-state index >= 15 is 0 Å². The maximum Gasteiger partial charge on any atom is 0.327 e. The van der Waals surface area contributed by atoms with Gasteiger partial charge < -0.3 is 14.5 Å². The fraction of sp³-hybridized carbons (Fsp3) is 0.320. The smallest absolute Gasteiger partial charge is 0.327 e. The number of H-pyrrole nitrogens is 1. The molecule has 182 valence electrons. The zero-order valence-corrected chi connectivity index (χ0v) is 19.8. The van der Waals surface area contributed by atoms with Crippen LogP contribution < -0.4 is 10.3 Å². The Morgan fingerprint density at radius 3 is 2.71 bits per heavy atom. The summed E-state index contributed by atoms with van der Waals surface area (Å²) in [6.07, 6.45) is 0.781. The number of carbonyl (C=O) groups excluding carboxylic acids is 1. The van der Waals surface area contributed by atoms with Gasteiger partial charge in [0.1, 0.15) is 12.3 Å². The second kappa shape index (κ2) is 11.4. The molecule has 4 aromatic rings. The highest BCUT2D eigenvalue weighted by atomic mass is 16.5. The third kappa shape index (κ3) is 6.30. The average molecular weight is 477 g/mol. The van der Waals surface area contributed by atoms with Gasteiger partial charge in [0.25, 0.3) is 5.56 Å².